The largest absolute Gasteiger partial charge is 0.451 e. The van der Waals surface area contributed by atoms with Gasteiger partial charge in [0.15, 0.2) is 6.10 Å². The lowest BCUT2D eigenvalue weighted by atomic mass is 10.2. The second kappa shape index (κ2) is 10.5. The number of hydrogen-bond acceptors (Lipinski definition) is 6. The summed E-state index contributed by atoms with van der Waals surface area (Å²) in [6, 6.07) is 4.14. The molecule has 0 saturated heterocycles. The second-order valence-corrected chi connectivity index (χ2v) is 9.27. The molecule has 1 aromatic carbocycles. The van der Waals surface area contributed by atoms with E-state index >= 15 is 0 Å². The van der Waals surface area contributed by atoms with E-state index in [0.717, 1.165) is 0 Å². The Bertz CT molecular complexity index is 857. The maximum absolute atomic E-state index is 12.6. The van der Waals surface area contributed by atoms with E-state index in [1.165, 1.54) is 45.0 Å². The number of carbonyl (C=O) groups is 3. The van der Waals surface area contributed by atoms with Crippen LogP contribution in [0.25, 0.3) is 0 Å². The molecule has 1 aromatic rings. The van der Waals surface area contributed by atoms with Crippen LogP contribution in [-0.4, -0.2) is 55.3 Å². The summed E-state index contributed by atoms with van der Waals surface area (Å²) in [5.41, 5.74) is 0.445. The minimum absolute atomic E-state index is 0.0740. The average Bonchev–Trinajstić information content (AvgIpc) is 2.60. The highest BCUT2D eigenvalue weighted by molar-refractivity contribution is 7.89. The first-order valence-corrected chi connectivity index (χ1v) is 11.2. The van der Waals surface area contributed by atoms with E-state index in [1.54, 1.807) is 4.90 Å². The van der Waals surface area contributed by atoms with Crippen LogP contribution in [0.3, 0.4) is 0 Å². The molecule has 0 aliphatic rings. The van der Waals surface area contributed by atoms with Crippen molar-refractivity contribution < 1.29 is 27.5 Å². The van der Waals surface area contributed by atoms with Crippen LogP contribution in [0, 0.1) is 0 Å². The van der Waals surface area contributed by atoms with Crippen molar-refractivity contribution in [3.63, 3.8) is 0 Å². The molecule has 0 aliphatic heterocycles. The Kier molecular flexibility index (Phi) is 8.98. The zero-order valence-electron chi connectivity index (χ0n) is 18.4. The third kappa shape index (κ3) is 7.10. The van der Waals surface area contributed by atoms with Gasteiger partial charge in [0.2, 0.25) is 15.9 Å². The van der Waals surface area contributed by atoms with E-state index in [2.05, 4.69) is 10.0 Å². The minimum atomic E-state index is -4.01. The van der Waals surface area contributed by atoms with Crippen molar-refractivity contribution in [3.05, 3.63) is 24.3 Å². The first-order chi connectivity index (χ1) is 13.8. The maximum Gasteiger partial charge on any atom is 0.324 e. The lowest BCUT2D eigenvalue weighted by Crippen LogP contribution is -2.49. The van der Waals surface area contributed by atoms with Crippen molar-refractivity contribution in [3.8, 4) is 0 Å². The summed E-state index contributed by atoms with van der Waals surface area (Å²) in [4.78, 5) is 37.5. The van der Waals surface area contributed by atoms with E-state index in [4.69, 9.17) is 4.74 Å². The van der Waals surface area contributed by atoms with Crippen molar-refractivity contribution >= 4 is 33.5 Å². The number of benzene rings is 1. The monoisotopic (exact) mass is 441 g/mol. The fourth-order valence-corrected chi connectivity index (χ4v) is 4.10. The maximum atomic E-state index is 12.6. The average molecular weight is 442 g/mol. The van der Waals surface area contributed by atoms with Crippen molar-refractivity contribution in [2.45, 2.75) is 77.6 Å². The SMILES string of the molecule is CC(=O)Nc1ccc(S(=O)(=O)N[C@@H](C)C(=O)OC(C)C(=O)N(C(C)C)C(C)C)cc1. The Labute approximate surface area is 178 Å². The lowest BCUT2D eigenvalue weighted by Gasteiger charge is -2.33. The van der Waals surface area contributed by atoms with Gasteiger partial charge in [-0.3, -0.25) is 14.4 Å². The Balaban J connectivity index is 2.80. The molecule has 0 fully saturated rings. The third-order valence-corrected chi connectivity index (χ3v) is 5.73. The number of sulfonamides is 1. The van der Waals surface area contributed by atoms with E-state index in [0.29, 0.717) is 5.69 Å². The van der Waals surface area contributed by atoms with Gasteiger partial charge in [0.05, 0.1) is 4.90 Å². The third-order valence-electron chi connectivity index (χ3n) is 4.18. The highest BCUT2D eigenvalue weighted by Crippen LogP contribution is 2.15. The van der Waals surface area contributed by atoms with E-state index in [-0.39, 0.29) is 28.8 Å². The molecule has 168 valence electrons. The number of rotatable bonds is 9. The molecule has 2 N–H and O–H groups in total. The fourth-order valence-electron chi connectivity index (χ4n) is 2.91. The summed E-state index contributed by atoms with van der Waals surface area (Å²) < 4.78 is 32.4. The number of anilines is 1. The van der Waals surface area contributed by atoms with Crippen molar-refractivity contribution in [1.82, 2.24) is 9.62 Å². The van der Waals surface area contributed by atoms with Gasteiger partial charge >= 0.3 is 5.97 Å². The molecule has 0 bridgehead atoms. The van der Waals surface area contributed by atoms with Crippen molar-refractivity contribution in [2.75, 3.05) is 5.32 Å². The molecular weight excluding hydrogens is 410 g/mol. The molecule has 10 heteroatoms. The predicted octanol–water partition coefficient (Wildman–Crippen LogP) is 1.89. The summed E-state index contributed by atoms with van der Waals surface area (Å²) in [6.07, 6.45) is -1.05. The topological polar surface area (TPSA) is 122 Å². The van der Waals surface area contributed by atoms with Gasteiger partial charge in [0.25, 0.3) is 5.91 Å². The molecular formula is C20H31N3O6S. The zero-order chi connectivity index (χ0) is 23.2. The number of esters is 1. The van der Waals surface area contributed by atoms with Crippen LogP contribution in [0.4, 0.5) is 5.69 Å². The molecule has 2 atom stereocenters. The van der Waals surface area contributed by atoms with Gasteiger partial charge in [0.1, 0.15) is 6.04 Å². The molecule has 30 heavy (non-hydrogen) atoms. The number of amides is 2. The fraction of sp³-hybridized carbons (Fsp3) is 0.550. The van der Waals surface area contributed by atoms with Gasteiger partial charge in [-0.25, -0.2) is 8.42 Å². The molecule has 2 amide bonds. The van der Waals surface area contributed by atoms with Gasteiger partial charge in [-0.15, -0.1) is 0 Å². The molecule has 0 spiro atoms. The van der Waals surface area contributed by atoms with Crippen LogP contribution in [0.5, 0.6) is 0 Å². The van der Waals surface area contributed by atoms with Crippen LogP contribution in [0.1, 0.15) is 48.5 Å². The Morgan fingerprint density at radius 3 is 1.87 bits per heavy atom. The number of nitrogens with zero attached hydrogens (tertiary/aromatic N) is 1. The van der Waals surface area contributed by atoms with E-state index in [9.17, 15) is 22.8 Å². The highest BCUT2D eigenvalue weighted by atomic mass is 32.2. The highest BCUT2D eigenvalue weighted by Gasteiger charge is 2.30. The normalized spacial score (nSPS) is 13.6. The van der Waals surface area contributed by atoms with Gasteiger partial charge in [-0.2, -0.15) is 4.72 Å². The Morgan fingerprint density at radius 2 is 1.43 bits per heavy atom. The molecule has 9 nitrogen and oxygen atoms in total. The number of carbonyl (C=O) groups excluding carboxylic acids is 3. The van der Waals surface area contributed by atoms with E-state index < -0.39 is 28.1 Å². The molecule has 1 rings (SSSR count). The number of ether oxygens (including phenoxy) is 1. The summed E-state index contributed by atoms with van der Waals surface area (Å²) in [5.74, 6) is -1.49. The quantitative estimate of drug-likeness (QED) is 0.565. The molecule has 0 saturated carbocycles. The first-order valence-electron chi connectivity index (χ1n) is 9.69. The van der Waals surface area contributed by atoms with Crippen molar-refractivity contribution in [2.24, 2.45) is 0 Å². The number of nitrogens with one attached hydrogen (secondary N) is 2. The standard InChI is InChI=1S/C20H31N3O6S/c1-12(2)23(13(3)4)19(25)15(6)29-20(26)14(5)22-30(27,28)18-10-8-17(9-11-18)21-16(7)24/h8-15,22H,1-7H3,(H,21,24)/t14-,15?/m0/s1. The zero-order valence-corrected chi connectivity index (χ0v) is 19.2. The van der Waals surface area contributed by atoms with Gasteiger partial charge < -0.3 is 15.0 Å². The van der Waals surface area contributed by atoms with E-state index in [1.807, 2.05) is 27.7 Å². The van der Waals surface area contributed by atoms with Crippen LogP contribution in [0.15, 0.2) is 29.2 Å². The second-order valence-electron chi connectivity index (χ2n) is 7.56. The Morgan fingerprint density at radius 1 is 0.933 bits per heavy atom. The van der Waals surface area contributed by atoms with Crippen LogP contribution in [-0.2, 0) is 29.1 Å². The van der Waals surface area contributed by atoms with Gasteiger partial charge in [-0.1, -0.05) is 0 Å². The number of hydrogen-bond donors (Lipinski definition) is 2. The van der Waals surface area contributed by atoms with Crippen LogP contribution in [0.2, 0.25) is 0 Å². The molecule has 0 heterocycles. The summed E-state index contributed by atoms with van der Waals surface area (Å²) in [7, 11) is -4.01. The smallest absolute Gasteiger partial charge is 0.324 e. The van der Waals surface area contributed by atoms with Crippen molar-refractivity contribution in [1.29, 1.82) is 0 Å². The van der Waals surface area contributed by atoms with Gasteiger partial charge in [-0.05, 0) is 65.8 Å². The molecule has 0 aliphatic carbocycles. The molecule has 0 aromatic heterocycles. The summed E-state index contributed by atoms with van der Waals surface area (Å²) >= 11 is 0. The molecule has 0 radical (unpaired) electrons. The van der Waals surface area contributed by atoms with Crippen LogP contribution >= 0.6 is 0 Å². The van der Waals surface area contributed by atoms with Crippen LogP contribution < -0.4 is 10.0 Å². The summed E-state index contributed by atoms with van der Waals surface area (Å²) in [6.45, 7) is 11.6. The predicted molar refractivity (Wildman–Crippen MR) is 113 cm³/mol. The lowest BCUT2D eigenvalue weighted by molar-refractivity contribution is -0.161. The minimum Gasteiger partial charge on any atom is -0.451 e. The van der Waals surface area contributed by atoms with Gasteiger partial charge in [0, 0.05) is 24.7 Å². The first kappa shape index (κ1) is 25.6. The molecule has 1 unspecified atom stereocenters. The Hall–Kier alpha value is -2.46. The summed E-state index contributed by atoms with van der Waals surface area (Å²) in [5, 5.41) is 2.54.